The Morgan fingerprint density at radius 2 is 1.96 bits per heavy atom. The smallest absolute Gasteiger partial charge is 0.405 e. The quantitative estimate of drug-likeness (QED) is 0.682. The zero-order valence-electron chi connectivity index (χ0n) is 14.9. The number of hydrogen-bond donors (Lipinski definition) is 2. The van der Waals surface area contributed by atoms with Gasteiger partial charge in [-0.05, 0) is 36.9 Å². The normalized spacial score (nSPS) is 22.6. The van der Waals surface area contributed by atoms with E-state index in [4.69, 9.17) is 0 Å². The Morgan fingerprint density at radius 3 is 2.67 bits per heavy atom. The number of hydrogen-bond acceptors (Lipinski definition) is 4. The molecule has 1 aliphatic heterocycles. The fraction of sp³-hybridized carbons (Fsp3) is 0.611. The van der Waals surface area contributed by atoms with Gasteiger partial charge in [0, 0.05) is 38.6 Å². The molecule has 1 aromatic carbocycles. The number of nitrogens with one attached hydrogen (secondary N) is 2. The summed E-state index contributed by atoms with van der Waals surface area (Å²) < 4.78 is 41.6. The SMILES string of the molecule is Cl.O=C(NCCCN1CCNCC1)C1CC1c1ccccc1OC(F)(F)F. The van der Waals surface area contributed by atoms with Crippen molar-refractivity contribution in [3.8, 4) is 5.75 Å². The van der Waals surface area contributed by atoms with Crippen molar-refractivity contribution in [1.29, 1.82) is 0 Å². The number of benzene rings is 1. The second kappa shape index (κ2) is 9.61. The second-order valence-electron chi connectivity index (χ2n) is 6.77. The summed E-state index contributed by atoms with van der Waals surface area (Å²) in [7, 11) is 0. The highest BCUT2D eigenvalue weighted by atomic mass is 35.5. The summed E-state index contributed by atoms with van der Waals surface area (Å²) in [6, 6.07) is 6.06. The van der Waals surface area contributed by atoms with Crippen LogP contribution in [0.15, 0.2) is 24.3 Å². The van der Waals surface area contributed by atoms with E-state index < -0.39 is 6.36 Å². The molecular formula is C18H25ClF3N3O2. The lowest BCUT2D eigenvalue weighted by atomic mass is 10.1. The van der Waals surface area contributed by atoms with Crippen LogP contribution in [-0.4, -0.2) is 56.4 Å². The molecule has 27 heavy (non-hydrogen) atoms. The monoisotopic (exact) mass is 407 g/mol. The van der Waals surface area contributed by atoms with Gasteiger partial charge in [-0.25, -0.2) is 0 Å². The first-order chi connectivity index (χ1) is 12.4. The van der Waals surface area contributed by atoms with Crippen LogP contribution < -0.4 is 15.4 Å². The molecule has 2 unspecified atom stereocenters. The van der Waals surface area contributed by atoms with Gasteiger partial charge in [0.05, 0.1) is 0 Å². The standard InChI is InChI=1S/C18H24F3N3O2.ClH/c19-18(20,21)26-16-5-2-1-4-13(16)14-12-15(14)17(25)23-6-3-9-24-10-7-22-8-11-24;/h1-2,4-5,14-15,22H,3,6-12H2,(H,23,25);1H. The van der Waals surface area contributed by atoms with Gasteiger partial charge in [-0.1, -0.05) is 18.2 Å². The summed E-state index contributed by atoms with van der Waals surface area (Å²) in [4.78, 5) is 14.6. The molecule has 0 spiro atoms. The van der Waals surface area contributed by atoms with Gasteiger partial charge in [0.1, 0.15) is 5.75 Å². The summed E-state index contributed by atoms with van der Waals surface area (Å²) in [5.74, 6) is -0.773. The van der Waals surface area contributed by atoms with E-state index in [1.165, 1.54) is 12.1 Å². The minimum Gasteiger partial charge on any atom is -0.405 e. The van der Waals surface area contributed by atoms with E-state index in [2.05, 4.69) is 20.3 Å². The van der Waals surface area contributed by atoms with Gasteiger partial charge in [-0.3, -0.25) is 4.79 Å². The number of nitrogens with zero attached hydrogens (tertiary/aromatic N) is 1. The molecule has 1 saturated heterocycles. The van der Waals surface area contributed by atoms with Gasteiger partial charge in [-0.15, -0.1) is 25.6 Å². The molecule has 2 atom stereocenters. The molecule has 1 amide bonds. The van der Waals surface area contributed by atoms with Crippen LogP contribution in [0.25, 0.3) is 0 Å². The van der Waals surface area contributed by atoms with Crippen molar-refractivity contribution in [2.24, 2.45) is 5.92 Å². The third-order valence-corrected chi connectivity index (χ3v) is 4.83. The maximum Gasteiger partial charge on any atom is 0.573 e. The van der Waals surface area contributed by atoms with Gasteiger partial charge in [-0.2, -0.15) is 0 Å². The fourth-order valence-electron chi connectivity index (χ4n) is 3.41. The number of halogens is 4. The summed E-state index contributed by atoms with van der Waals surface area (Å²) in [5.41, 5.74) is 0.450. The van der Waals surface area contributed by atoms with Crippen molar-refractivity contribution in [2.45, 2.75) is 25.1 Å². The number of carbonyl (C=O) groups is 1. The Labute approximate surface area is 163 Å². The number of para-hydroxylation sites is 1. The maximum absolute atomic E-state index is 12.5. The predicted molar refractivity (Wildman–Crippen MR) is 98.2 cm³/mol. The van der Waals surface area contributed by atoms with Gasteiger partial charge in [0.2, 0.25) is 5.91 Å². The first kappa shape index (κ1) is 21.8. The van der Waals surface area contributed by atoms with E-state index in [9.17, 15) is 18.0 Å². The Kier molecular flexibility index (Phi) is 7.76. The Hall–Kier alpha value is -1.51. The Bertz CT molecular complexity index is 624. The molecule has 1 aliphatic carbocycles. The topological polar surface area (TPSA) is 53.6 Å². The molecule has 0 aromatic heterocycles. The number of piperazine rings is 1. The van der Waals surface area contributed by atoms with Crippen molar-refractivity contribution in [1.82, 2.24) is 15.5 Å². The Morgan fingerprint density at radius 1 is 1.26 bits per heavy atom. The molecular weight excluding hydrogens is 383 g/mol. The van der Waals surface area contributed by atoms with Crippen LogP contribution in [0, 0.1) is 5.92 Å². The highest BCUT2D eigenvalue weighted by molar-refractivity contribution is 5.85. The molecule has 1 heterocycles. The van der Waals surface area contributed by atoms with Crippen molar-refractivity contribution >= 4 is 18.3 Å². The highest BCUT2D eigenvalue weighted by Gasteiger charge is 2.46. The van der Waals surface area contributed by atoms with Crippen molar-refractivity contribution in [3.05, 3.63) is 29.8 Å². The van der Waals surface area contributed by atoms with Crippen LogP contribution >= 0.6 is 12.4 Å². The van der Waals surface area contributed by atoms with Crippen LogP contribution in [0.5, 0.6) is 5.75 Å². The number of ether oxygens (including phenoxy) is 1. The molecule has 1 saturated carbocycles. The zero-order valence-corrected chi connectivity index (χ0v) is 15.7. The molecule has 5 nitrogen and oxygen atoms in total. The number of rotatable bonds is 7. The molecule has 2 N–H and O–H groups in total. The first-order valence-corrected chi connectivity index (χ1v) is 8.99. The molecule has 152 valence electrons. The summed E-state index contributed by atoms with van der Waals surface area (Å²) in [6.07, 6.45) is -3.30. The first-order valence-electron chi connectivity index (χ1n) is 8.99. The minimum absolute atomic E-state index is 0. The molecule has 2 fully saturated rings. The summed E-state index contributed by atoms with van der Waals surface area (Å²) in [6.45, 7) is 5.57. The Balaban J connectivity index is 0.00000261. The lowest BCUT2D eigenvalue weighted by molar-refractivity contribution is -0.274. The average molecular weight is 408 g/mol. The van der Waals surface area contributed by atoms with Gasteiger partial charge in [0.15, 0.2) is 0 Å². The van der Waals surface area contributed by atoms with Crippen LogP contribution in [-0.2, 0) is 4.79 Å². The van der Waals surface area contributed by atoms with E-state index >= 15 is 0 Å². The lowest BCUT2D eigenvalue weighted by Crippen LogP contribution is -2.44. The second-order valence-corrected chi connectivity index (χ2v) is 6.77. The minimum atomic E-state index is -4.73. The lowest BCUT2D eigenvalue weighted by Gasteiger charge is -2.27. The van der Waals surface area contributed by atoms with Crippen molar-refractivity contribution in [2.75, 3.05) is 39.3 Å². The summed E-state index contributed by atoms with van der Waals surface area (Å²) >= 11 is 0. The van der Waals surface area contributed by atoms with E-state index in [1.807, 2.05) is 0 Å². The van der Waals surface area contributed by atoms with E-state index in [0.29, 0.717) is 18.5 Å². The maximum atomic E-state index is 12.5. The van der Waals surface area contributed by atoms with E-state index in [1.54, 1.807) is 12.1 Å². The molecule has 2 aliphatic rings. The molecule has 1 aromatic rings. The van der Waals surface area contributed by atoms with Crippen LogP contribution in [0.2, 0.25) is 0 Å². The molecule has 0 bridgehead atoms. The van der Waals surface area contributed by atoms with E-state index in [-0.39, 0.29) is 35.9 Å². The van der Waals surface area contributed by atoms with Crippen molar-refractivity contribution < 1.29 is 22.7 Å². The third kappa shape index (κ3) is 6.55. The van der Waals surface area contributed by atoms with Crippen LogP contribution in [0.1, 0.15) is 24.3 Å². The van der Waals surface area contributed by atoms with E-state index in [0.717, 1.165) is 39.1 Å². The fourth-order valence-corrected chi connectivity index (χ4v) is 3.41. The van der Waals surface area contributed by atoms with Crippen LogP contribution in [0.4, 0.5) is 13.2 Å². The van der Waals surface area contributed by atoms with Gasteiger partial charge in [0.25, 0.3) is 0 Å². The third-order valence-electron chi connectivity index (χ3n) is 4.83. The number of amides is 1. The number of alkyl halides is 3. The molecule has 9 heteroatoms. The van der Waals surface area contributed by atoms with Gasteiger partial charge < -0.3 is 20.3 Å². The van der Waals surface area contributed by atoms with Gasteiger partial charge >= 0.3 is 6.36 Å². The van der Waals surface area contributed by atoms with Crippen LogP contribution in [0.3, 0.4) is 0 Å². The highest BCUT2D eigenvalue weighted by Crippen LogP contribution is 2.50. The predicted octanol–water partition coefficient (Wildman–Crippen LogP) is 2.52. The summed E-state index contributed by atoms with van der Waals surface area (Å²) in [5, 5.41) is 6.20. The average Bonchev–Trinajstić information content (AvgIpc) is 3.39. The largest absolute Gasteiger partial charge is 0.573 e. The van der Waals surface area contributed by atoms with Crippen molar-refractivity contribution in [3.63, 3.8) is 0 Å². The number of carbonyl (C=O) groups excluding carboxylic acids is 1. The molecule has 0 radical (unpaired) electrons. The molecule has 3 rings (SSSR count). The zero-order chi connectivity index (χ0) is 18.6.